The summed E-state index contributed by atoms with van der Waals surface area (Å²) in [5.74, 6) is -0.188. The number of carbonyl (C=O) groups excluding carboxylic acids is 1. The number of methoxy groups -OCH3 is 1. The molecule has 6 heteroatoms. The van der Waals surface area contributed by atoms with Crippen LogP contribution in [0.1, 0.15) is 59.7 Å². The molecule has 0 spiro atoms. The van der Waals surface area contributed by atoms with Gasteiger partial charge in [-0.1, -0.05) is 26.0 Å². The maximum atomic E-state index is 13.3. The van der Waals surface area contributed by atoms with E-state index in [1.165, 1.54) is 13.2 Å². The van der Waals surface area contributed by atoms with E-state index in [1.54, 1.807) is 24.3 Å². The van der Waals surface area contributed by atoms with Crippen LogP contribution in [0, 0.1) is 18.8 Å². The van der Waals surface area contributed by atoms with Crippen molar-refractivity contribution in [1.29, 1.82) is 0 Å². The molecule has 2 N–H and O–H groups in total. The molecule has 0 saturated carbocycles. The Bertz CT molecular complexity index is 960. The Morgan fingerprint density at radius 2 is 1.84 bits per heavy atom. The second kappa shape index (κ2) is 9.41. The predicted molar refractivity (Wildman–Crippen MR) is 119 cm³/mol. The van der Waals surface area contributed by atoms with Gasteiger partial charge in [0.1, 0.15) is 11.5 Å². The minimum Gasteiger partial charge on any atom is -0.507 e. The Labute approximate surface area is 183 Å². The van der Waals surface area contributed by atoms with Crippen LogP contribution < -0.4 is 4.74 Å². The van der Waals surface area contributed by atoms with Crippen molar-refractivity contribution in [3.63, 3.8) is 0 Å². The van der Waals surface area contributed by atoms with Gasteiger partial charge in [-0.05, 0) is 60.6 Å². The number of piperidine rings is 1. The van der Waals surface area contributed by atoms with Gasteiger partial charge in [0.2, 0.25) is 5.91 Å². The number of phenols is 1. The number of aromatic carboxylic acids is 1. The monoisotopic (exact) mass is 425 g/mol. The van der Waals surface area contributed by atoms with Crippen molar-refractivity contribution in [2.45, 2.75) is 39.5 Å². The SMILES string of the molecule is COc1cc(C)cc(O)c1C(CC(=O)N1CC(C)CC(C)C1)c1cccc(C(=O)O)c1. The number of hydrogen-bond donors (Lipinski definition) is 2. The molecule has 0 aromatic heterocycles. The first-order valence-electron chi connectivity index (χ1n) is 10.7. The molecule has 0 radical (unpaired) electrons. The van der Waals surface area contributed by atoms with Crippen molar-refractivity contribution >= 4 is 11.9 Å². The van der Waals surface area contributed by atoms with Crippen LogP contribution in [0.4, 0.5) is 0 Å². The van der Waals surface area contributed by atoms with E-state index < -0.39 is 11.9 Å². The summed E-state index contributed by atoms with van der Waals surface area (Å²) >= 11 is 0. The third-order valence-corrected chi connectivity index (χ3v) is 5.97. The standard InChI is InChI=1S/C25H31NO5/c1-15-9-21(27)24(22(10-15)31-4)20(18-6-5-7-19(11-18)25(29)30)12-23(28)26-13-16(2)8-17(3)14-26/h5-7,9-11,16-17,20,27H,8,12-14H2,1-4H3,(H,29,30). The number of aryl methyl sites for hydroxylation is 1. The molecule has 0 bridgehead atoms. The van der Waals surface area contributed by atoms with Gasteiger partial charge in [-0.25, -0.2) is 4.79 Å². The zero-order valence-electron chi connectivity index (χ0n) is 18.6. The quantitative estimate of drug-likeness (QED) is 0.715. The Morgan fingerprint density at radius 1 is 1.16 bits per heavy atom. The number of amides is 1. The van der Waals surface area contributed by atoms with Gasteiger partial charge in [-0.2, -0.15) is 0 Å². The van der Waals surface area contributed by atoms with E-state index in [9.17, 15) is 19.8 Å². The zero-order chi connectivity index (χ0) is 22.7. The van der Waals surface area contributed by atoms with E-state index in [-0.39, 0.29) is 23.6 Å². The summed E-state index contributed by atoms with van der Waals surface area (Å²) in [5, 5.41) is 20.2. The fourth-order valence-electron chi connectivity index (χ4n) is 4.71. The maximum Gasteiger partial charge on any atom is 0.335 e. The fraction of sp³-hybridized carbons (Fsp3) is 0.440. The highest BCUT2D eigenvalue weighted by Gasteiger charge is 2.31. The van der Waals surface area contributed by atoms with Crippen LogP contribution in [0.15, 0.2) is 36.4 Å². The van der Waals surface area contributed by atoms with Crippen LogP contribution in [-0.4, -0.2) is 47.2 Å². The highest BCUT2D eigenvalue weighted by atomic mass is 16.5. The first-order chi connectivity index (χ1) is 14.7. The highest BCUT2D eigenvalue weighted by Crippen LogP contribution is 2.42. The number of phenolic OH excluding ortho intramolecular Hbond substituents is 1. The first-order valence-corrected chi connectivity index (χ1v) is 10.7. The van der Waals surface area contributed by atoms with Crippen LogP contribution in [0.25, 0.3) is 0 Å². The summed E-state index contributed by atoms with van der Waals surface area (Å²) < 4.78 is 5.55. The van der Waals surface area contributed by atoms with Crippen molar-refractivity contribution in [1.82, 2.24) is 4.90 Å². The van der Waals surface area contributed by atoms with E-state index >= 15 is 0 Å². The van der Waals surface area contributed by atoms with Gasteiger partial charge in [0.05, 0.1) is 12.7 Å². The lowest BCUT2D eigenvalue weighted by molar-refractivity contribution is -0.134. The Balaban J connectivity index is 2.05. The smallest absolute Gasteiger partial charge is 0.335 e. The summed E-state index contributed by atoms with van der Waals surface area (Å²) in [5.41, 5.74) is 2.13. The average molecular weight is 426 g/mol. The second-order valence-electron chi connectivity index (χ2n) is 8.83. The largest absolute Gasteiger partial charge is 0.507 e. The number of carboxylic acid groups (broad SMARTS) is 1. The van der Waals surface area contributed by atoms with Crippen LogP contribution in [-0.2, 0) is 4.79 Å². The summed E-state index contributed by atoms with van der Waals surface area (Å²) in [6.45, 7) is 7.58. The minimum atomic E-state index is -1.04. The van der Waals surface area contributed by atoms with Crippen molar-refractivity contribution in [2.24, 2.45) is 11.8 Å². The number of aromatic hydroxyl groups is 1. The van der Waals surface area contributed by atoms with Gasteiger partial charge < -0.3 is 19.8 Å². The number of likely N-dealkylation sites (tertiary alicyclic amines) is 1. The highest BCUT2D eigenvalue weighted by molar-refractivity contribution is 5.88. The molecule has 1 fully saturated rings. The molecule has 1 aliphatic rings. The minimum absolute atomic E-state index is 0.00819. The Morgan fingerprint density at radius 3 is 2.45 bits per heavy atom. The number of ether oxygens (including phenoxy) is 1. The van der Waals surface area contributed by atoms with E-state index in [4.69, 9.17) is 4.74 Å². The molecule has 3 unspecified atom stereocenters. The fourth-order valence-corrected chi connectivity index (χ4v) is 4.71. The van der Waals surface area contributed by atoms with E-state index in [0.717, 1.165) is 12.0 Å². The lowest BCUT2D eigenvalue weighted by Gasteiger charge is -2.36. The summed E-state index contributed by atoms with van der Waals surface area (Å²) in [7, 11) is 1.53. The van der Waals surface area contributed by atoms with Crippen molar-refractivity contribution in [3.05, 3.63) is 58.7 Å². The third kappa shape index (κ3) is 5.19. The van der Waals surface area contributed by atoms with Gasteiger partial charge in [0.15, 0.2) is 0 Å². The van der Waals surface area contributed by atoms with Crippen molar-refractivity contribution < 1.29 is 24.5 Å². The lowest BCUT2D eigenvalue weighted by atomic mass is 9.84. The molecule has 3 atom stereocenters. The van der Waals surface area contributed by atoms with Gasteiger partial charge in [-0.15, -0.1) is 0 Å². The van der Waals surface area contributed by atoms with Crippen LogP contribution >= 0.6 is 0 Å². The number of carbonyl (C=O) groups is 2. The molecular weight excluding hydrogens is 394 g/mol. The van der Waals surface area contributed by atoms with Gasteiger partial charge in [0, 0.05) is 31.0 Å². The molecule has 0 aliphatic carbocycles. The molecular formula is C25H31NO5. The second-order valence-corrected chi connectivity index (χ2v) is 8.83. The van der Waals surface area contributed by atoms with Crippen molar-refractivity contribution in [3.8, 4) is 11.5 Å². The molecule has 2 aromatic rings. The maximum absolute atomic E-state index is 13.3. The molecule has 1 saturated heterocycles. The van der Waals surface area contributed by atoms with Crippen LogP contribution in [0.3, 0.4) is 0 Å². The summed E-state index contributed by atoms with van der Waals surface area (Å²) in [6, 6.07) is 10.0. The average Bonchev–Trinajstić information content (AvgIpc) is 2.71. The number of rotatable bonds is 6. The van der Waals surface area contributed by atoms with E-state index in [2.05, 4.69) is 13.8 Å². The number of benzene rings is 2. The number of hydrogen-bond acceptors (Lipinski definition) is 4. The Hall–Kier alpha value is -3.02. The van der Waals surface area contributed by atoms with Crippen molar-refractivity contribution in [2.75, 3.05) is 20.2 Å². The molecule has 3 rings (SSSR count). The molecule has 1 heterocycles. The lowest BCUT2D eigenvalue weighted by Crippen LogP contribution is -2.43. The van der Waals surface area contributed by atoms with E-state index in [0.29, 0.717) is 41.8 Å². The van der Waals surface area contributed by atoms with Crippen LogP contribution in [0.5, 0.6) is 11.5 Å². The molecule has 31 heavy (non-hydrogen) atoms. The van der Waals surface area contributed by atoms with E-state index in [1.807, 2.05) is 17.9 Å². The number of carboxylic acids is 1. The first kappa shape index (κ1) is 22.7. The normalized spacial score (nSPS) is 19.7. The third-order valence-electron chi connectivity index (χ3n) is 5.97. The Kier molecular flexibility index (Phi) is 6.88. The molecule has 1 aliphatic heterocycles. The van der Waals surface area contributed by atoms with Gasteiger partial charge in [0.25, 0.3) is 0 Å². The summed E-state index contributed by atoms with van der Waals surface area (Å²) in [6.07, 6.45) is 1.22. The predicted octanol–water partition coefficient (Wildman–Crippen LogP) is 4.43. The molecule has 166 valence electrons. The topological polar surface area (TPSA) is 87.1 Å². The summed E-state index contributed by atoms with van der Waals surface area (Å²) in [4.78, 5) is 26.8. The molecule has 2 aromatic carbocycles. The molecule has 1 amide bonds. The van der Waals surface area contributed by atoms with Gasteiger partial charge >= 0.3 is 5.97 Å². The van der Waals surface area contributed by atoms with Gasteiger partial charge in [-0.3, -0.25) is 4.79 Å². The van der Waals surface area contributed by atoms with Crippen LogP contribution in [0.2, 0.25) is 0 Å². The zero-order valence-corrected chi connectivity index (χ0v) is 18.6. The number of nitrogens with zero attached hydrogens (tertiary/aromatic N) is 1. The molecule has 6 nitrogen and oxygen atoms in total.